The zero-order chi connectivity index (χ0) is 13.8. The maximum atomic E-state index is 13.3. The van der Waals surface area contributed by atoms with Gasteiger partial charge < -0.3 is 5.32 Å². The van der Waals surface area contributed by atoms with Gasteiger partial charge in [-0.2, -0.15) is 0 Å². The molecule has 1 N–H and O–H groups in total. The molecule has 1 aromatic heterocycles. The van der Waals surface area contributed by atoms with Gasteiger partial charge >= 0.3 is 0 Å². The molecule has 1 heterocycles. The summed E-state index contributed by atoms with van der Waals surface area (Å²) in [6.45, 7) is 4.98. The number of hydrogen-bond donors (Lipinski definition) is 1. The van der Waals surface area contributed by atoms with E-state index in [1.807, 2.05) is 17.7 Å². The Morgan fingerprint density at radius 1 is 1.42 bits per heavy atom. The van der Waals surface area contributed by atoms with Crippen LogP contribution in [0.15, 0.2) is 28.9 Å². The molecule has 0 saturated heterocycles. The lowest BCUT2D eigenvalue weighted by Crippen LogP contribution is -2.07. The van der Waals surface area contributed by atoms with Crippen LogP contribution >= 0.6 is 15.9 Å². The topological polar surface area (TPSA) is 29.9 Å². The summed E-state index contributed by atoms with van der Waals surface area (Å²) in [5.74, 6) is 0.533. The predicted molar refractivity (Wildman–Crippen MR) is 79.4 cm³/mol. The lowest BCUT2D eigenvalue weighted by atomic mass is 10.3. The third-order valence-corrected chi connectivity index (χ3v) is 3.43. The number of unbranched alkanes of at least 4 members (excludes halogenated alkanes) is 1. The molecule has 5 heteroatoms. The van der Waals surface area contributed by atoms with Crippen LogP contribution in [-0.4, -0.2) is 16.1 Å². The second-order valence-corrected chi connectivity index (χ2v) is 5.31. The number of nitrogens with one attached hydrogen (secondary N) is 1. The molecular formula is C14H17BrFN3. The Bertz CT molecular complexity index is 566. The molecule has 2 aromatic rings. The van der Waals surface area contributed by atoms with Gasteiger partial charge in [0.15, 0.2) is 0 Å². The van der Waals surface area contributed by atoms with Crippen LogP contribution in [0.2, 0.25) is 0 Å². The van der Waals surface area contributed by atoms with Crippen LogP contribution in [0.3, 0.4) is 0 Å². The minimum Gasteiger partial charge on any atom is -0.355 e. The Balaban J connectivity index is 2.29. The van der Waals surface area contributed by atoms with E-state index in [0.29, 0.717) is 4.47 Å². The molecule has 0 amide bonds. The van der Waals surface area contributed by atoms with Crippen molar-refractivity contribution in [3.8, 4) is 5.69 Å². The van der Waals surface area contributed by atoms with E-state index in [2.05, 4.69) is 33.2 Å². The number of imidazole rings is 1. The van der Waals surface area contributed by atoms with Gasteiger partial charge in [0, 0.05) is 18.4 Å². The van der Waals surface area contributed by atoms with Crippen LogP contribution in [0.25, 0.3) is 5.69 Å². The molecule has 0 spiro atoms. The van der Waals surface area contributed by atoms with Gasteiger partial charge in [-0.3, -0.25) is 4.57 Å². The van der Waals surface area contributed by atoms with Gasteiger partial charge in [0.2, 0.25) is 5.95 Å². The van der Waals surface area contributed by atoms with Crippen molar-refractivity contribution in [3.63, 3.8) is 0 Å². The standard InChI is InChI=1S/C14H17BrFN3/c1-3-4-7-17-14-18-10(2)9-19(14)11-5-6-13(16)12(15)8-11/h5-6,8-9H,3-4,7H2,1-2H3,(H,17,18). The summed E-state index contributed by atoms with van der Waals surface area (Å²) < 4.78 is 15.7. The van der Waals surface area contributed by atoms with Crippen LogP contribution in [0, 0.1) is 12.7 Å². The molecule has 0 fully saturated rings. The number of benzene rings is 1. The molecule has 102 valence electrons. The van der Waals surface area contributed by atoms with Gasteiger partial charge in [0.1, 0.15) is 5.82 Å². The summed E-state index contributed by atoms with van der Waals surface area (Å²) in [6.07, 6.45) is 4.17. The van der Waals surface area contributed by atoms with Gasteiger partial charge in [0.05, 0.1) is 10.2 Å². The fourth-order valence-corrected chi connectivity index (χ4v) is 2.20. The average Bonchev–Trinajstić information content (AvgIpc) is 2.74. The molecule has 0 aliphatic heterocycles. The lowest BCUT2D eigenvalue weighted by Gasteiger charge is -2.10. The van der Waals surface area contributed by atoms with E-state index in [9.17, 15) is 4.39 Å². The molecule has 3 nitrogen and oxygen atoms in total. The molecule has 0 aliphatic rings. The van der Waals surface area contributed by atoms with E-state index in [0.717, 1.165) is 36.7 Å². The molecule has 0 bridgehead atoms. The summed E-state index contributed by atoms with van der Waals surface area (Å²) >= 11 is 3.21. The highest BCUT2D eigenvalue weighted by atomic mass is 79.9. The van der Waals surface area contributed by atoms with Crippen LogP contribution in [0.4, 0.5) is 10.3 Å². The number of rotatable bonds is 5. The molecule has 2 rings (SSSR count). The summed E-state index contributed by atoms with van der Waals surface area (Å²) in [5, 5.41) is 3.31. The summed E-state index contributed by atoms with van der Waals surface area (Å²) in [6, 6.07) is 4.94. The van der Waals surface area contributed by atoms with Crippen molar-refractivity contribution in [2.45, 2.75) is 26.7 Å². The highest BCUT2D eigenvalue weighted by molar-refractivity contribution is 9.10. The number of hydrogen-bond acceptors (Lipinski definition) is 2. The molecule has 0 saturated carbocycles. The first-order valence-corrected chi connectivity index (χ1v) is 7.16. The Labute approximate surface area is 121 Å². The summed E-state index contributed by atoms with van der Waals surface area (Å²) in [4.78, 5) is 4.45. The third-order valence-electron chi connectivity index (χ3n) is 2.82. The normalized spacial score (nSPS) is 10.7. The Morgan fingerprint density at radius 2 is 2.21 bits per heavy atom. The minimum absolute atomic E-state index is 0.263. The molecule has 0 atom stereocenters. The maximum absolute atomic E-state index is 13.3. The SMILES string of the molecule is CCCCNc1nc(C)cn1-c1ccc(F)c(Br)c1. The number of anilines is 1. The van der Waals surface area contributed by atoms with Gasteiger partial charge in [-0.15, -0.1) is 0 Å². The first-order valence-electron chi connectivity index (χ1n) is 6.37. The van der Waals surface area contributed by atoms with Gasteiger partial charge in [0.25, 0.3) is 0 Å². The Hall–Kier alpha value is -1.36. The van der Waals surface area contributed by atoms with Crippen molar-refractivity contribution in [3.05, 3.63) is 40.4 Å². The molecule has 0 radical (unpaired) electrons. The quantitative estimate of drug-likeness (QED) is 0.831. The average molecular weight is 326 g/mol. The zero-order valence-corrected chi connectivity index (χ0v) is 12.7. The summed E-state index contributed by atoms with van der Waals surface area (Å²) in [5.41, 5.74) is 1.81. The molecule has 19 heavy (non-hydrogen) atoms. The van der Waals surface area contributed by atoms with E-state index < -0.39 is 0 Å². The van der Waals surface area contributed by atoms with Crippen molar-refractivity contribution in [2.24, 2.45) is 0 Å². The predicted octanol–water partition coefficient (Wildman–Crippen LogP) is 4.29. The van der Waals surface area contributed by atoms with E-state index in [1.54, 1.807) is 12.1 Å². The highest BCUT2D eigenvalue weighted by Gasteiger charge is 2.08. The fourth-order valence-electron chi connectivity index (χ4n) is 1.83. The van der Waals surface area contributed by atoms with Crippen molar-refractivity contribution in [1.82, 2.24) is 9.55 Å². The van der Waals surface area contributed by atoms with Crippen LogP contribution in [0.1, 0.15) is 25.5 Å². The number of aromatic nitrogens is 2. The highest BCUT2D eigenvalue weighted by Crippen LogP contribution is 2.22. The second-order valence-electron chi connectivity index (χ2n) is 4.45. The molecule has 0 unspecified atom stereocenters. The van der Waals surface area contributed by atoms with Gasteiger partial charge in [-0.1, -0.05) is 13.3 Å². The first-order chi connectivity index (χ1) is 9.11. The minimum atomic E-state index is -0.263. The van der Waals surface area contributed by atoms with Crippen LogP contribution in [-0.2, 0) is 0 Å². The zero-order valence-electron chi connectivity index (χ0n) is 11.1. The fraction of sp³-hybridized carbons (Fsp3) is 0.357. The van der Waals surface area contributed by atoms with Crippen molar-refractivity contribution >= 4 is 21.9 Å². The van der Waals surface area contributed by atoms with Crippen LogP contribution in [0.5, 0.6) is 0 Å². The number of aryl methyl sites for hydroxylation is 1. The van der Waals surface area contributed by atoms with E-state index in [4.69, 9.17) is 0 Å². The van der Waals surface area contributed by atoms with Crippen LogP contribution < -0.4 is 5.32 Å². The van der Waals surface area contributed by atoms with E-state index in [-0.39, 0.29) is 5.82 Å². The molecular weight excluding hydrogens is 309 g/mol. The van der Waals surface area contributed by atoms with Gasteiger partial charge in [-0.25, -0.2) is 9.37 Å². The summed E-state index contributed by atoms with van der Waals surface area (Å²) in [7, 11) is 0. The number of nitrogens with zero attached hydrogens (tertiary/aromatic N) is 2. The van der Waals surface area contributed by atoms with Crippen molar-refractivity contribution in [2.75, 3.05) is 11.9 Å². The lowest BCUT2D eigenvalue weighted by molar-refractivity contribution is 0.620. The monoisotopic (exact) mass is 325 g/mol. The number of halogens is 2. The molecule has 1 aromatic carbocycles. The van der Waals surface area contributed by atoms with Gasteiger partial charge in [-0.05, 0) is 47.5 Å². The Kier molecular flexibility index (Phi) is 4.58. The Morgan fingerprint density at radius 3 is 2.89 bits per heavy atom. The van der Waals surface area contributed by atoms with E-state index >= 15 is 0 Å². The third kappa shape index (κ3) is 3.35. The van der Waals surface area contributed by atoms with Crippen molar-refractivity contribution in [1.29, 1.82) is 0 Å². The largest absolute Gasteiger partial charge is 0.355 e. The molecule has 0 aliphatic carbocycles. The second kappa shape index (κ2) is 6.19. The van der Waals surface area contributed by atoms with Crippen molar-refractivity contribution < 1.29 is 4.39 Å². The van der Waals surface area contributed by atoms with E-state index in [1.165, 1.54) is 6.07 Å². The first kappa shape index (κ1) is 14.1. The maximum Gasteiger partial charge on any atom is 0.207 e. The smallest absolute Gasteiger partial charge is 0.207 e.